The van der Waals surface area contributed by atoms with Crippen LogP contribution in [0.3, 0.4) is 0 Å². The van der Waals surface area contributed by atoms with E-state index in [1.54, 1.807) is 18.2 Å². The molecule has 1 aromatic carbocycles. The molecule has 0 radical (unpaired) electrons. The lowest BCUT2D eigenvalue weighted by atomic mass is 10.1. The van der Waals surface area contributed by atoms with Crippen LogP contribution in [0.15, 0.2) is 43.0 Å². The van der Waals surface area contributed by atoms with Crippen LogP contribution in [0.25, 0.3) is 0 Å². The van der Waals surface area contributed by atoms with Crippen LogP contribution in [0.1, 0.15) is 41.6 Å². The van der Waals surface area contributed by atoms with E-state index in [-0.39, 0.29) is 16.9 Å². The van der Waals surface area contributed by atoms with Crippen molar-refractivity contribution in [2.45, 2.75) is 32.6 Å². The van der Waals surface area contributed by atoms with Gasteiger partial charge in [0.25, 0.3) is 5.91 Å². The van der Waals surface area contributed by atoms with Crippen molar-refractivity contribution >= 4 is 17.4 Å². The highest BCUT2D eigenvalue weighted by atomic mass is 19.1. The zero-order valence-electron chi connectivity index (χ0n) is 14.9. The summed E-state index contributed by atoms with van der Waals surface area (Å²) in [5, 5.41) is 2.73. The molecule has 0 atom stereocenters. The third-order valence-electron chi connectivity index (χ3n) is 3.84. The normalized spacial score (nSPS) is 10.4. The molecule has 0 aliphatic heterocycles. The predicted molar refractivity (Wildman–Crippen MR) is 102 cm³/mol. The van der Waals surface area contributed by atoms with Crippen molar-refractivity contribution in [2.24, 2.45) is 0 Å². The first-order valence-corrected chi connectivity index (χ1v) is 8.59. The van der Waals surface area contributed by atoms with Crippen molar-refractivity contribution in [3.8, 4) is 5.75 Å². The summed E-state index contributed by atoms with van der Waals surface area (Å²) in [7, 11) is 0. The Morgan fingerprint density at radius 3 is 2.92 bits per heavy atom. The molecule has 0 saturated carbocycles. The van der Waals surface area contributed by atoms with Crippen LogP contribution in [-0.2, 0) is 0 Å². The topological polar surface area (TPSA) is 77.2 Å². The monoisotopic (exact) mass is 357 g/mol. The first-order valence-electron chi connectivity index (χ1n) is 8.59. The summed E-state index contributed by atoms with van der Waals surface area (Å²) in [6.07, 6.45) is 6.08. The predicted octanol–water partition coefficient (Wildman–Crippen LogP) is 4.49. The van der Waals surface area contributed by atoms with E-state index in [1.165, 1.54) is 13.0 Å². The minimum absolute atomic E-state index is 0.137. The summed E-state index contributed by atoms with van der Waals surface area (Å²) in [6, 6.07) is 8.49. The Hall–Kier alpha value is -2.89. The van der Waals surface area contributed by atoms with E-state index in [4.69, 9.17) is 10.5 Å². The number of hydrogen-bond acceptors (Lipinski definition) is 4. The SMILES string of the molecule is C=CCCCCCOc1cccc(NC(=O)c2cc(C)c(F)nc2N)c1. The molecule has 0 saturated heterocycles. The van der Waals surface area contributed by atoms with Gasteiger partial charge in [-0.2, -0.15) is 4.39 Å². The average Bonchev–Trinajstić information content (AvgIpc) is 2.61. The van der Waals surface area contributed by atoms with Crippen molar-refractivity contribution in [1.29, 1.82) is 0 Å². The Morgan fingerprint density at radius 1 is 1.35 bits per heavy atom. The van der Waals surface area contributed by atoms with Gasteiger partial charge in [0.15, 0.2) is 0 Å². The van der Waals surface area contributed by atoms with Crippen LogP contribution in [0.4, 0.5) is 15.9 Å². The first kappa shape index (κ1) is 19.4. The second-order valence-corrected chi connectivity index (χ2v) is 6.00. The fraction of sp³-hybridized carbons (Fsp3) is 0.300. The first-order chi connectivity index (χ1) is 12.5. The van der Waals surface area contributed by atoms with Gasteiger partial charge < -0.3 is 15.8 Å². The van der Waals surface area contributed by atoms with Gasteiger partial charge in [0.05, 0.1) is 12.2 Å². The van der Waals surface area contributed by atoms with Crippen LogP contribution in [-0.4, -0.2) is 17.5 Å². The Bertz CT molecular complexity index is 778. The van der Waals surface area contributed by atoms with Crippen LogP contribution >= 0.6 is 0 Å². The number of allylic oxidation sites excluding steroid dienone is 1. The van der Waals surface area contributed by atoms with E-state index >= 15 is 0 Å². The molecule has 5 nitrogen and oxygen atoms in total. The van der Waals surface area contributed by atoms with E-state index in [0.717, 1.165) is 25.7 Å². The van der Waals surface area contributed by atoms with E-state index in [2.05, 4.69) is 16.9 Å². The van der Waals surface area contributed by atoms with Crippen LogP contribution < -0.4 is 15.8 Å². The quantitative estimate of drug-likeness (QED) is 0.394. The lowest BCUT2D eigenvalue weighted by molar-refractivity contribution is 0.102. The summed E-state index contributed by atoms with van der Waals surface area (Å²) in [5.74, 6) is -0.590. The third-order valence-corrected chi connectivity index (χ3v) is 3.84. The number of unbranched alkanes of at least 4 members (excludes halogenated alkanes) is 3. The minimum Gasteiger partial charge on any atom is -0.494 e. The number of halogens is 1. The summed E-state index contributed by atoms with van der Waals surface area (Å²) in [6.45, 7) is 5.84. The molecule has 1 amide bonds. The van der Waals surface area contributed by atoms with E-state index in [9.17, 15) is 9.18 Å². The standard InChI is InChI=1S/C20H24FN3O2/c1-3-4-5-6-7-11-26-16-10-8-9-15(13-16)23-20(25)17-12-14(2)18(21)24-19(17)22/h3,8-10,12-13H,1,4-7,11H2,2H3,(H2,22,24)(H,23,25). The zero-order valence-corrected chi connectivity index (χ0v) is 14.9. The molecule has 0 bridgehead atoms. The van der Waals surface area contributed by atoms with Gasteiger partial charge >= 0.3 is 0 Å². The number of rotatable bonds is 9. The van der Waals surface area contributed by atoms with Crippen LogP contribution in [0.2, 0.25) is 0 Å². The number of carbonyl (C=O) groups excluding carboxylic acids is 1. The number of anilines is 2. The van der Waals surface area contributed by atoms with E-state index < -0.39 is 11.9 Å². The largest absolute Gasteiger partial charge is 0.494 e. The molecular formula is C20H24FN3O2. The highest BCUT2D eigenvalue weighted by molar-refractivity contribution is 6.07. The number of nitrogen functional groups attached to an aromatic ring is 1. The number of nitrogens with zero attached hydrogens (tertiary/aromatic N) is 1. The Morgan fingerprint density at radius 2 is 2.15 bits per heavy atom. The molecule has 138 valence electrons. The van der Waals surface area contributed by atoms with Gasteiger partial charge in [-0.05, 0) is 50.8 Å². The van der Waals surface area contributed by atoms with Crippen LogP contribution in [0, 0.1) is 12.9 Å². The van der Waals surface area contributed by atoms with Gasteiger partial charge in [-0.15, -0.1) is 6.58 Å². The van der Waals surface area contributed by atoms with Crippen molar-refractivity contribution in [1.82, 2.24) is 4.98 Å². The number of pyridine rings is 1. The van der Waals surface area contributed by atoms with Crippen LogP contribution in [0.5, 0.6) is 5.75 Å². The summed E-state index contributed by atoms with van der Waals surface area (Å²) in [4.78, 5) is 15.9. The number of amides is 1. The minimum atomic E-state index is -0.678. The molecule has 2 aromatic rings. The van der Waals surface area contributed by atoms with Crippen molar-refractivity contribution in [2.75, 3.05) is 17.7 Å². The van der Waals surface area contributed by atoms with E-state index in [1.807, 2.05) is 12.1 Å². The van der Waals surface area contributed by atoms with Gasteiger partial charge in [0.2, 0.25) is 5.95 Å². The maximum atomic E-state index is 13.4. The molecule has 2 rings (SSSR count). The lowest BCUT2D eigenvalue weighted by Crippen LogP contribution is -2.16. The number of aryl methyl sites for hydroxylation is 1. The number of aromatic nitrogens is 1. The van der Waals surface area contributed by atoms with Crippen molar-refractivity contribution < 1.29 is 13.9 Å². The molecule has 0 spiro atoms. The Kier molecular flexibility index (Phi) is 7.14. The molecule has 1 aromatic heterocycles. The van der Waals surface area contributed by atoms with Gasteiger partial charge in [0.1, 0.15) is 11.6 Å². The molecule has 0 unspecified atom stereocenters. The molecular weight excluding hydrogens is 333 g/mol. The maximum Gasteiger partial charge on any atom is 0.259 e. The summed E-state index contributed by atoms with van der Waals surface area (Å²) in [5.41, 5.74) is 6.62. The molecule has 0 aliphatic carbocycles. The smallest absolute Gasteiger partial charge is 0.259 e. The van der Waals surface area contributed by atoms with Gasteiger partial charge in [-0.25, -0.2) is 4.98 Å². The summed E-state index contributed by atoms with van der Waals surface area (Å²) >= 11 is 0. The molecule has 6 heteroatoms. The van der Waals surface area contributed by atoms with E-state index in [0.29, 0.717) is 18.0 Å². The number of ether oxygens (including phenoxy) is 1. The Balaban J connectivity index is 1.94. The number of carbonyl (C=O) groups is 1. The highest BCUT2D eigenvalue weighted by Gasteiger charge is 2.14. The number of benzene rings is 1. The number of hydrogen-bond donors (Lipinski definition) is 2. The second kappa shape index (κ2) is 9.56. The third kappa shape index (κ3) is 5.58. The van der Waals surface area contributed by atoms with Gasteiger partial charge in [-0.1, -0.05) is 12.1 Å². The molecule has 1 heterocycles. The van der Waals surface area contributed by atoms with Crippen molar-refractivity contribution in [3.63, 3.8) is 0 Å². The molecule has 26 heavy (non-hydrogen) atoms. The molecule has 0 fully saturated rings. The average molecular weight is 357 g/mol. The number of nitrogens with two attached hydrogens (primary N) is 1. The molecule has 0 aliphatic rings. The second-order valence-electron chi connectivity index (χ2n) is 6.00. The maximum absolute atomic E-state index is 13.4. The lowest BCUT2D eigenvalue weighted by Gasteiger charge is -2.10. The fourth-order valence-corrected chi connectivity index (χ4v) is 2.41. The number of nitrogens with one attached hydrogen (secondary N) is 1. The fourth-order valence-electron chi connectivity index (χ4n) is 2.41. The van der Waals surface area contributed by atoms with Crippen molar-refractivity contribution in [3.05, 3.63) is 60.1 Å². The Labute approximate surface area is 153 Å². The zero-order chi connectivity index (χ0) is 18.9. The van der Waals surface area contributed by atoms with Gasteiger partial charge in [-0.3, -0.25) is 4.79 Å². The summed E-state index contributed by atoms with van der Waals surface area (Å²) < 4.78 is 19.1. The van der Waals surface area contributed by atoms with Gasteiger partial charge in [0, 0.05) is 17.3 Å². The highest BCUT2D eigenvalue weighted by Crippen LogP contribution is 2.20. The molecule has 3 N–H and O–H groups in total.